The number of hydrogen-bond donors (Lipinski definition) is 1. The molecule has 1 aromatic carbocycles. The van der Waals surface area contributed by atoms with E-state index in [9.17, 15) is 0 Å². The van der Waals surface area contributed by atoms with Crippen molar-refractivity contribution in [3.8, 4) is 0 Å². The first kappa shape index (κ1) is 13.5. The third-order valence-electron chi connectivity index (χ3n) is 2.85. The maximum absolute atomic E-state index is 6.14. The molecule has 0 bridgehead atoms. The van der Waals surface area contributed by atoms with E-state index in [1.54, 1.807) is 0 Å². The average Bonchev–Trinajstić information content (AvgIpc) is 2.29. The normalized spacial score (nSPS) is 12.7. The van der Waals surface area contributed by atoms with Crippen LogP contribution < -0.4 is 5.32 Å². The van der Waals surface area contributed by atoms with Gasteiger partial charge in [0.05, 0.1) is 0 Å². The van der Waals surface area contributed by atoms with E-state index >= 15 is 0 Å². The molecular weight excluding hydrogens is 218 g/mol. The largest absolute Gasteiger partial charge is 0.310 e. The summed E-state index contributed by atoms with van der Waals surface area (Å²) in [6, 6.07) is 8.39. The summed E-state index contributed by atoms with van der Waals surface area (Å²) >= 11 is 6.14. The van der Waals surface area contributed by atoms with Crippen LogP contribution in [0.3, 0.4) is 0 Å². The lowest BCUT2D eigenvalue weighted by atomic mass is 10.1. The van der Waals surface area contributed by atoms with Gasteiger partial charge in [-0.3, -0.25) is 0 Å². The van der Waals surface area contributed by atoms with Crippen LogP contribution in [0.5, 0.6) is 0 Å². The summed E-state index contributed by atoms with van der Waals surface area (Å²) in [6.07, 6.45) is 5.20. The Balaban J connectivity index is 2.30. The lowest BCUT2D eigenvalue weighted by Gasteiger charge is -2.15. The molecule has 0 saturated carbocycles. The van der Waals surface area contributed by atoms with Gasteiger partial charge in [0.15, 0.2) is 0 Å². The Hall–Kier alpha value is -0.530. The minimum atomic E-state index is 0.343. The van der Waals surface area contributed by atoms with Crippen LogP contribution in [0.2, 0.25) is 5.02 Å². The van der Waals surface area contributed by atoms with Crippen LogP contribution in [0.4, 0.5) is 0 Å². The van der Waals surface area contributed by atoms with Crippen molar-refractivity contribution in [1.29, 1.82) is 0 Å². The summed E-state index contributed by atoms with van der Waals surface area (Å²) in [5, 5.41) is 4.37. The Bertz CT molecular complexity index is 299. The molecule has 1 aromatic rings. The first-order valence-electron chi connectivity index (χ1n) is 6.23. The third kappa shape index (κ3) is 4.54. The smallest absolute Gasteiger partial charge is 0.0453 e. The van der Waals surface area contributed by atoms with Crippen molar-refractivity contribution in [2.24, 2.45) is 0 Å². The Morgan fingerprint density at radius 2 is 1.94 bits per heavy atom. The van der Waals surface area contributed by atoms with Crippen molar-refractivity contribution < 1.29 is 0 Å². The Morgan fingerprint density at radius 3 is 2.62 bits per heavy atom. The minimum Gasteiger partial charge on any atom is -0.310 e. The van der Waals surface area contributed by atoms with E-state index in [1.807, 2.05) is 18.2 Å². The second kappa shape index (κ2) is 7.70. The van der Waals surface area contributed by atoms with Crippen LogP contribution in [-0.4, -0.2) is 6.54 Å². The van der Waals surface area contributed by atoms with E-state index in [0.717, 1.165) is 11.6 Å². The second-order valence-electron chi connectivity index (χ2n) is 4.26. The lowest BCUT2D eigenvalue weighted by molar-refractivity contribution is 0.537. The van der Waals surface area contributed by atoms with Crippen molar-refractivity contribution in [2.75, 3.05) is 6.54 Å². The van der Waals surface area contributed by atoms with E-state index < -0.39 is 0 Å². The molecule has 0 radical (unpaired) electrons. The highest BCUT2D eigenvalue weighted by molar-refractivity contribution is 6.31. The molecule has 1 rings (SSSR count). The maximum atomic E-state index is 6.14. The zero-order valence-corrected chi connectivity index (χ0v) is 11.1. The zero-order chi connectivity index (χ0) is 11.8. The third-order valence-corrected chi connectivity index (χ3v) is 3.20. The summed E-state index contributed by atoms with van der Waals surface area (Å²) in [4.78, 5) is 0. The molecule has 0 aromatic heterocycles. The molecule has 1 N–H and O–H groups in total. The number of nitrogens with one attached hydrogen (secondary N) is 1. The fourth-order valence-electron chi connectivity index (χ4n) is 1.81. The number of halogens is 1. The molecule has 0 amide bonds. The SMILES string of the molecule is CCCCCCN[C@@H](C)c1ccccc1Cl. The summed E-state index contributed by atoms with van der Waals surface area (Å²) < 4.78 is 0. The molecule has 0 saturated heterocycles. The summed E-state index contributed by atoms with van der Waals surface area (Å²) in [6.45, 7) is 5.48. The van der Waals surface area contributed by atoms with E-state index in [2.05, 4.69) is 25.2 Å². The summed E-state index contributed by atoms with van der Waals surface area (Å²) in [5.74, 6) is 0. The second-order valence-corrected chi connectivity index (χ2v) is 4.67. The van der Waals surface area contributed by atoms with Crippen molar-refractivity contribution in [1.82, 2.24) is 5.32 Å². The molecule has 0 aliphatic carbocycles. The molecule has 0 aliphatic heterocycles. The topological polar surface area (TPSA) is 12.0 Å². The van der Waals surface area contributed by atoms with Gasteiger partial charge in [0, 0.05) is 11.1 Å². The van der Waals surface area contributed by atoms with Crippen LogP contribution in [0.25, 0.3) is 0 Å². The highest BCUT2D eigenvalue weighted by Gasteiger charge is 2.07. The highest BCUT2D eigenvalue weighted by Crippen LogP contribution is 2.21. The number of rotatable bonds is 7. The van der Waals surface area contributed by atoms with Crippen LogP contribution in [0.1, 0.15) is 51.1 Å². The fraction of sp³-hybridized carbons (Fsp3) is 0.571. The molecule has 0 aliphatic rings. The van der Waals surface area contributed by atoms with Gasteiger partial charge < -0.3 is 5.32 Å². The summed E-state index contributed by atoms with van der Waals surface area (Å²) in [7, 11) is 0. The monoisotopic (exact) mass is 239 g/mol. The Morgan fingerprint density at radius 1 is 1.19 bits per heavy atom. The lowest BCUT2D eigenvalue weighted by Crippen LogP contribution is -2.20. The van der Waals surface area contributed by atoms with Crippen LogP contribution in [0.15, 0.2) is 24.3 Å². The minimum absolute atomic E-state index is 0.343. The van der Waals surface area contributed by atoms with Crippen LogP contribution in [0, 0.1) is 0 Å². The van der Waals surface area contributed by atoms with E-state index in [-0.39, 0.29) is 0 Å². The van der Waals surface area contributed by atoms with Gasteiger partial charge in [-0.25, -0.2) is 0 Å². The van der Waals surface area contributed by atoms with Crippen LogP contribution in [-0.2, 0) is 0 Å². The molecule has 1 atom stereocenters. The van der Waals surface area contributed by atoms with Gasteiger partial charge in [0.25, 0.3) is 0 Å². The quantitative estimate of drug-likeness (QED) is 0.688. The van der Waals surface area contributed by atoms with Crippen molar-refractivity contribution in [2.45, 2.75) is 45.6 Å². The van der Waals surface area contributed by atoms with E-state index in [4.69, 9.17) is 11.6 Å². The predicted molar refractivity (Wildman–Crippen MR) is 72.0 cm³/mol. The van der Waals surface area contributed by atoms with Gasteiger partial charge >= 0.3 is 0 Å². The first-order chi connectivity index (χ1) is 7.75. The van der Waals surface area contributed by atoms with Gasteiger partial charge in [-0.05, 0) is 31.5 Å². The number of hydrogen-bond acceptors (Lipinski definition) is 1. The van der Waals surface area contributed by atoms with E-state index in [1.165, 1.54) is 31.2 Å². The maximum Gasteiger partial charge on any atom is 0.0453 e. The van der Waals surface area contributed by atoms with Gasteiger partial charge in [0.1, 0.15) is 0 Å². The van der Waals surface area contributed by atoms with Crippen molar-refractivity contribution >= 4 is 11.6 Å². The molecule has 90 valence electrons. The highest BCUT2D eigenvalue weighted by atomic mass is 35.5. The van der Waals surface area contributed by atoms with Gasteiger partial charge in [-0.2, -0.15) is 0 Å². The molecule has 0 heterocycles. The Kier molecular flexibility index (Phi) is 6.51. The van der Waals surface area contributed by atoms with Crippen molar-refractivity contribution in [3.63, 3.8) is 0 Å². The van der Waals surface area contributed by atoms with E-state index in [0.29, 0.717) is 6.04 Å². The van der Waals surface area contributed by atoms with Crippen LogP contribution >= 0.6 is 11.6 Å². The molecule has 2 heteroatoms. The average molecular weight is 240 g/mol. The summed E-state index contributed by atoms with van der Waals surface area (Å²) in [5.41, 5.74) is 1.19. The molecule has 16 heavy (non-hydrogen) atoms. The zero-order valence-electron chi connectivity index (χ0n) is 10.3. The Labute approximate surface area is 104 Å². The van der Waals surface area contributed by atoms with Crippen molar-refractivity contribution in [3.05, 3.63) is 34.9 Å². The van der Waals surface area contributed by atoms with Gasteiger partial charge in [-0.15, -0.1) is 0 Å². The number of benzene rings is 1. The first-order valence-corrected chi connectivity index (χ1v) is 6.61. The molecule has 0 spiro atoms. The molecule has 1 nitrogen and oxygen atoms in total. The fourth-order valence-corrected chi connectivity index (χ4v) is 2.11. The molecule has 0 fully saturated rings. The molecule has 0 unspecified atom stereocenters. The number of unbranched alkanes of at least 4 members (excludes halogenated alkanes) is 3. The van der Waals surface area contributed by atoms with Gasteiger partial charge in [0.2, 0.25) is 0 Å². The standard InChI is InChI=1S/C14H22ClN/c1-3-4-5-8-11-16-12(2)13-9-6-7-10-14(13)15/h6-7,9-10,12,16H,3-5,8,11H2,1-2H3/t12-/m0/s1. The van der Waals surface area contributed by atoms with Gasteiger partial charge in [-0.1, -0.05) is 56.0 Å². The molecular formula is C14H22ClN. The predicted octanol–water partition coefficient (Wildman–Crippen LogP) is 4.57.